The van der Waals surface area contributed by atoms with Crippen LogP contribution in [0.3, 0.4) is 0 Å². The molecule has 0 radical (unpaired) electrons. The number of halogens is 2. The topological polar surface area (TPSA) is 148 Å². The van der Waals surface area contributed by atoms with E-state index in [1.165, 1.54) is 69.7 Å². The smallest absolute Gasteiger partial charge is 0.341 e. The van der Waals surface area contributed by atoms with Gasteiger partial charge in [-0.3, -0.25) is 9.59 Å². The van der Waals surface area contributed by atoms with Gasteiger partial charge in [0.15, 0.2) is 0 Å². The third kappa shape index (κ3) is 7.28. The van der Waals surface area contributed by atoms with Gasteiger partial charge in [-0.05, 0) is 112 Å². The van der Waals surface area contributed by atoms with Crippen molar-refractivity contribution in [2.75, 3.05) is 26.4 Å². The Morgan fingerprint density at radius 2 is 0.768 bits per heavy atom. The Labute approximate surface area is 330 Å². The quantitative estimate of drug-likeness (QED) is 0.0635. The van der Waals surface area contributed by atoms with E-state index in [0.717, 1.165) is 0 Å². The van der Waals surface area contributed by atoms with Crippen molar-refractivity contribution in [3.63, 3.8) is 0 Å². The normalized spacial score (nSPS) is 11.0. The van der Waals surface area contributed by atoms with Crippen molar-refractivity contribution in [3.8, 4) is 11.1 Å². The number of ether oxygens (including phenoxy) is 4. The monoisotopic (exact) mass is 796 g/mol. The van der Waals surface area contributed by atoms with Crippen LogP contribution in [-0.2, 0) is 18.9 Å². The molecule has 0 unspecified atom stereocenters. The minimum atomic E-state index is -0.906. The molecule has 4 aromatic heterocycles. The highest BCUT2D eigenvalue weighted by Gasteiger charge is 2.35. The number of pyridine rings is 2. The second kappa shape index (κ2) is 16.6. The Hall–Kier alpha value is -6.24. The van der Waals surface area contributed by atoms with Crippen molar-refractivity contribution in [3.05, 3.63) is 140 Å². The summed E-state index contributed by atoms with van der Waals surface area (Å²) in [6.45, 7) is 6.28. The standard InChI is InChI=1S/C42H34Cl2N2O10/c1-5-53-39(49)31-29-21-25(17-19-45(29)35(33(31)41(51)55-7-3)37(47)23-9-13-27(43)14-10-23)26-18-20-46-30(22-26)32(40(50)54-6-2)34(42(52)56-8-4)36(46)38(48)24-11-15-28(44)16-12-24/h9-22H,5-8H2,1-4H3. The molecule has 12 nitrogen and oxygen atoms in total. The fourth-order valence-electron chi connectivity index (χ4n) is 6.41. The van der Waals surface area contributed by atoms with Crippen LogP contribution in [0.25, 0.3) is 22.2 Å². The molecule has 0 aliphatic rings. The van der Waals surface area contributed by atoms with Crippen LogP contribution < -0.4 is 0 Å². The minimum absolute atomic E-state index is 0.0278. The summed E-state index contributed by atoms with van der Waals surface area (Å²) in [5.41, 5.74) is 0.403. The van der Waals surface area contributed by atoms with E-state index in [9.17, 15) is 28.8 Å². The van der Waals surface area contributed by atoms with Gasteiger partial charge >= 0.3 is 23.9 Å². The number of carbonyl (C=O) groups excluding carboxylic acids is 6. The largest absolute Gasteiger partial charge is 0.462 e. The summed E-state index contributed by atoms with van der Waals surface area (Å²) in [6.07, 6.45) is 3.04. The Bertz CT molecular complexity index is 2370. The number of esters is 4. The number of nitrogens with zero attached hydrogens (tertiary/aromatic N) is 2. The number of benzene rings is 2. The predicted molar refractivity (Wildman–Crippen MR) is 207 cm³/mol. The first kappa shape index (κ1) is 39.5. The summed E-state index contributed by atoms with van der Waals surface area (Å²) in [5, 5.41) is 0.789. The molecule has 0 N–H and O–H groups in total. The van der Waals surface area contributed by atoms with Crippen LogP contribution in [0.15, 0.2) is 85.2 Å². The molecule has 0 amide bonds. The molecule has 286 valence electrons. The van der Waals surface area contributed by atoms with Gasteiger partial charge in [-0.25, -0.2) is 19.2 Å². The lowest BCUT2D eigenvalue weighted by Crippen LogP contribution is -2.16. The van der Waals surface area contributed by atoms with Crippen molar-refractivity contribution >= 4 is 69.7 Å². The molecule has 14 heteroatoms. The SMILES string of the molecule is CCOC(=O)c1c(C(=O)OCC)c2cc(-c3ccn4c(C(=O)c5ccc(Cl)cc5)c(C(=O)OCC)c(C(=O)OCC)c4c3)ccn2c1C(=O)c1ccc(Cl)cc1. The molecule has 0 spiro atoms. The van der Waals surface area contributed by atoms with Crippen LogP contribution in [0.5, 0.6) is 0 Å². The van der Waals surface area contributed by atoms with E-state index in [-0.39, 0.29) is 82.2 Å². The molecule has 6 aromatic rings. The van der Waals surface area contributed by atoms with Gasteiger partial charge in [-0.2, -0.15) is 0 Å². The number of aromatic nitrogens is 2. The van der Waals surface area contributed by atoms with E-state index >= 15 is 0 Å². The zero-order chi connectivity index (χ0) is 40.3. The lowest BCUT2D eigenvalue weighted by atomic mass is 10.0. The Morgan fingerprint density at radius 1 is 0.464 bits per heavy atom. The zero-order valence-corrected chi connectivity index (χ0v) is 32.2. The summed E-state index contributed by atoms with van der Waals surface area (Å²) in [5.74, 6) is -4.71. The van der Waals surface area contributed by atoms with Crippen LogP contribution in [-0.4, -0.2) is 70.7 Å². The van der Waals surface area contributed by atoms with Gasteiger partial charge in [-0.15, -0.1) is 0 Å². The molecule has 2 aromatic carbocycles. The average Bonchev–Trinajstić information content (AvgIpc) is 3.71. The fraction of sp³-hybridized carbons (Fsp3) is 0.190. The van der Waals surface area contributed by atoms with Crippen molar-refractivity contribution in [2.45, 2.75) is 27.7 Å². The molecule has 0 atom stereocenters. The van der Waals surface area contributed by atoms with Crippen molar-refractivity contribution < 1.29 is 47.7 Å². The van der Waals surface area contributed by atoms with Crippen molar-refractivity contribution in [1.29, 1.82) is 0 Å². The molecular weight excluding hydrogens is 763 g/mol. The summed E-state index contributed by atoms with van der Waals surface area (Å²) >= 11 is 12.2. The number of carbonyl (C=O) groups is 6. The second-order valence-electron chi connectivity index (χ2n) is 12.1. The minimum Gasteiger partial charge on any atom is -0.462 e. The van der Waals surface area contributed by atoms with E-state index < -0.39 is 35.4 Å². The molecule has 0 aliphatic heterocycles. The number of hydrogen-bond acceptors (Lipinski definition) is 10. The maximum Gasteiger partial charge on any atom is 0.341 e. The molecule has 0 aliphatic carbocycles. The molecule has 0 saturated carbocycles. The third-order valence-electron chi connectivity index (χ3n) is 8.77. The zero-order valence-electron chi connectivity index (χ0n) is 30.6. The third-order valence-corrected chi connectivity index (χ3v) is 9.28. The van der Waals surface area contributed by atoms with E-state index in [1.54, 1.807) is 52.0 Å². The molecule has 6 rings (SSSR count). The molecule has 4 heterocycles. The Balaban J connectivity index is 1.64. The maximum atomic E-state index is 14.1. The first-order valence-electron chi connectivity index (χ1n) is 17.6. The van der Waals surface area contributed by atoms with Crippen molar-refractivity contribution in [1.82, 2.24) is 8.80 Å². The maximum absolute atomic E-state index is 14.1. The summed E-state index contributed by atoms with van der Waals surface area (Å²) < 4.78 is 24.3. The first-order valence-corrected chi connectivity index (χ1v) is 18.4. The first-order chi connectivity index (χ1) is 26.9. The molecule has 0 bridgehead atoms. The lowest BCUT2D eigenvalue weighted by molar-refractivity contribution is 0.0480. The van der Waals surface area contributed by atoms with Gasteiger partial charge in [0.25, 0.3) is 0 Å². The van der Waals surface area contributed by atoms with Gasteiger partial charge < -0.3 is 27.7 Å². The highest BCUT2D eigenvalue weighted by molar-refractivity contribution is 6.31. The van der Waals surface area contributed by atoms with E-state index in [1.807, 2.05) is 0 Å². The van der Waals surface area contributed by atoms with Gasteiger partial charge in [0.2, 0.25) is 11.6 Å². The van der Waals surface area contributed by atoms with Crippen LogP contribution >= 0.6 is 23.2 Å². The predicted octanol–water partition coefficient (Wildman–Crippen LogP) is 8.33. The van der Waals surface area contributed by atoms with E-state index in [0.29, 0.717) is 21.2 Å². The van der Waals surface area contributed by atoms with Crippen LogP contribution in [0.4, 0.5) is 0 Å². The summed E-state index contributed by atoms with van der Waals surface area (Å²) in [4.78, 5) is 82.7. The van der Waals surface area contributed by atoms with Gasteiger partial charge in [0.05, 0.1) is 37.5 Å². The molecular formula is C42H34Cl2N2O10. The number of rotatable bonds is 13. The highest BCUT2D eigenvalue weighted by Crippen LogP contribution is 2.35. The second-order valence-corrected chi connectivity index (χ2v) is 13.0. The van der Waals surface area contributed by atoms with Crippen LogP contribution in [0.2, 0.25) is 10.0 Å². The number of ketones is 2. The number of hydrogen-bond donors (Lipinski definition) is 0. The molecule has 56 heavy (non-hydrogen) atoms. The molecule has 0 saturated heterocycles. The summed E-state index contributed by atoms with van der Waals surface area (Å²) in [7, 11) is 0. The van der Waals surface area contributed by atoms with Gasteiger partial charge in [0, 0.05) is 33.6 Å². The van der Waals surface area contributed by atoms with Crippen molar-refractivity contribution in [2.24, 2.45) is 0 Å². The fourth-order valence-corrected chi connectivity index (χ4v) is 6.67. The average molecular weight is 798 g/mol. The van der Waals surface area contributed by atoms with E-state index in [4.69, 9.17) is 42.1 Å². The van der Waals surface area contributed by atoms with Crippen LogP contribution in [0, 0.1) is 0 Å². The Morgan fingerprint density at radius 3 is 1.07 bits per heavy atom. The van der Waals surface area contributed by atoms with E-state index in [2.05, 4.69) is 0 Å². The van der Waals surface area contributed by atoms with Gasteiger partial charge in [-0.1, -0.05) is 23.2 Å². The highest BCUT2D eigenvalue weighted by atomic mass is 35.5. The summed E-state index contributed by atoms with van der Waals surface area (Å²) in [6, 6.07) is 18.6. The van der Waals surface area contributed by atoms with Crippen LogP contribution in [0.1, 0.15) is 101 Å². The molecule has 0 fully saturated rings. The number of fused-ring (bicyclic) bond motifs is 2. The van der Waals surface area contributed by atoms with Gasteiger partial charge in [0.1, 0.15) is 33.6 Å². The Kier molecular flexibility index (Phi) is 11.7. The lowest BCUT2D eigenvalue weighted by Gasteiger charge is -2.09.